The number of rotatable bonds is 9. The molecule has 0 aliphatic carbocycles. The van der Waals surface area contributed by atoms with Crippen molar-refractivity contribution < 1.29 is 19.0 Å². The molecule has 4 nitrogen and oxygen atoms in total. The van der Waals surface area contributed by atoms with Crippen LogP contribution in [0.25, 0.3) is 0 Å². The Hall–Kier alpha value is -1.60. The van der Waals surface area contributed by atoms with Crippen molar-refractivity contribution in [3.8, 4) is 5.75 Å². The molecule has 2 N–H and O–H groups in total. The summed E-state index contributed by atoms with van der Waals surface area (Å²) in [6.45, 7) is 4.73. The Bertz CT molecular complexity index is 804. The van der Waals surface area contributed by atoms with Crippen LogP contribution in [-0.2, 0) is 17.8 Å². The molecule has 0 saturated carbocycles. The Morgan fingerprint density at radius 1 is 1.22 bits per heavy atom. The van der Waals surface area contributed by atoms with Crippen LogP contribution in [0.3, 0.4) is 0 Å². The van der Waals surface area contributed by atoms with Gasteiger partial charge in [0.1, 0.15) is 12.4 Å². The highest BCUT2D eigenvalue weighted by Crippen LogP contribution is 2.36. The molecule has 0 radical (unpaired) electrons. The second-order valence-corrected chi connectivity index (χ2v) is 7.99. The van der Waals surface area contributed by atoms with E-state index in [0.717, 1.165) is 17.5 Å². The van der Waals surface area contributed by atoms with E-state index in [1.807, 2.05) is 26.0 Å². The highest BCUT2D eigenvalue weighted by atomic mass is 79.9. The molecule has 0 spiro atoms. The minimum Gasteiger partial charge on any atom is -0.486 e. The third-order valence-corrected chi connectivity index (χ3v) is 5.09. The maximum Gasteiger partial charge on any atom is 0.303 e. The van der Waals surface area contributed by atoms with Gasteiger partial charge in [-0.25, -0.2) is 4.39 Å². The first-order chi connectivity index (χ1) is 12.8. The summed E-state index contributed by atoms with van der Waals surface area (Å²) in [5.74, 6) is -0.595. The maximum absolute atomic E-state index is 14.7. The normalized spacial score (nSPS) is 10.7. The fraction of sp³-hybridized carbons (Fsp3) is 0.350. The molecular weight excluding hydrogens is 481 g/mol. The smallest absolute Gasteiger partial charge is 0.303 e. The third kappa shape index (κ3) is 6.21. The van der Waals surface area contributed by atoms with Crippen LogP contribution in [0.15, 0.2) is 33.2 Å². The summed E-state index contributed by atoms with van der Waals surface area (Å²) < 4.78 is 21.9. The predicted molar refractivity (Wildman–Crippen MR) is 112 cm³/mol. The van der Waals surface area contributed by atoms with Crippen LogP contribution in [0.1, 0.15) is 36.5 Å². The van der Waals surface area contributed by atoms with Crippen LogP contribution in [0.2, 0.25) is 0 Å². The van der Waals surface area contributed by atoms with Crippen LogP contribution in [-0.4, -0.2) is 17.6 Å². The molecule has 7 heteroatoms. The van der Waals surface area contributed by atoms with E-state index in [2.05, 4.69) is 37.2 Å². The summed E-state index contributed by atoms with van der Waals surface area (Å²) in [5, 5.41) is 11.9. The molecule has 2 aromatic carbocycles. The van der Waals surface area contributed by atoms with Gasteiger partial charge in [-0.1, -0.05) is 6.92 Å². The molecular formula is C20H22Br2FNO3. The van der Waals surface area contributed by atoms with E-state index >= 15 is 0 Å². The largest absolute Gasteiger partial charge is 0.486 e. The van der Waals surface area contributed by atoms with E-state index in [-0.39, 0.29) is 18.8 Å². The number of carboxylic acids is 1. The number of hydrogen-bond donors (Lipinski definition) is 2. The number of aryl methyl sites for hydroxylation is 2. The minimum atomic E-state index is -0.843. The number of aliphatic carboxylic acids is 1. The Kier molecular flexibility index (Phi) is 8.10. The van der Waals surface area contributed by atoms with E-state index < -0.39 is 5.97 Å². The van der Waals surface area contributed by atoms with Crippen molar-refractivity contribution in [2.24, 2.45) is 0 Å². The molecule has 0 aliphatic heterocycles. The van der Waals surface area contributed by atoms with Gasteiger partial charge in [-0.15, -0.1) is 0 Å². The quantitative estimate of drug-likeness (QED) is 0.436. The number of carbonyl (C=O) groups is 1. The number of nitrogens with one attached hydrogen (secondary N) is 1. The topological polar surface area (TPSA) is 58.6 Å². The van der Waals surface area contributed by atoms with Crippen LogP contribution in [0.4, 0.5) is 10.1 Å². The average molecular weight is 503 g/mol. The summed E-state index contributed by atoms with van der Waals surface area (Å²) in [6, 6.07) is 7.21. The number of halogens is 3. The standard InChI is InChI=1S/C20H22Br2FNO3/c1-3-6-24-17-8-12(2)7-14(19(17)23)11-27-20-15(21)9-13(10-16(20)22)4-5-18(25)26/h7-10,24H,3-6,11H2,1-2H3,(H,25,26). The van der Waals surface area contributed by atoms with E-state index in [0.29, 0.717) is 38.9 Å². The molecule has 0 heterocycles. The first kappa shape index (κ1) is 21.7. The first-order valence-electron chi connectivity index (χ1n) is 8.67. The lowest BCUT2D eigenvalue weighted by molar-refractivity contribution is -0.136. The van der Waals surface area contributed by atoms with Crippen molar-refractivity contribution in [1.82, 2.24) is 0 Å². The van der Waals surface area contributed by atoms with Crippen LogP contribution < -0.4 is 10.1 Å². The average Bonchev–Trinajstić information content (AvgIpc) is 2.60. The molecule has 0 aliphatic rings. The van der Waals surface area contributed by atoms with E-state index in [4.69, 9.17) is 9.84 Å². The molecule has 2 rings (SSSR count). The van der Waals surface area contributed by atoms with E-state index in [9.17, 15) is 9.18 Å². The zero-order valence-corrected chi connectivity index (χ0v) is 18.4. The molecule has 27 heavy (non-hydrogen) atoms. The van der Waals surface area contributed by atoms with Crippen LogP contribution >= 0.6 is 31.9 Å². The molecule has 2 aromatic rings. The van der Waals surface area contributed by atoms with Gasteiger partial charge in [0.25, 0.3) is 0 Å². The molecule has 0 saturated heterocycles. The van der Waals surface area contributed by atoms with Crippen molar-refractivity contribution in [2.75, 3.05) is 11.9 Å². The van der Waals surface area contributed by atoms with Crippen LogP contribution in [0.5, 0.6) is 5.75 Å². The second-order valence-electron chi connectivity index (χ2n) is 6.28. The summed E-state index contributed by atoms with van der Waals surface area (Å²) in [6.07, 6.45) is 1.39. The molecule has 146 valence electrons. The zero-order chi connectivity index (χ0) is 20.0. The Labute approximate surface area is 175 Å². The number of carboxylic acid groups (broad SMARTS) is 1. The third-order valence-electron chi connectivity index (χ3n) is 3.92. The molecule has 0 atom stereocenters. The Morgan fingerprint density at radius 2 is 1.89 bits per heavy atom. The predicted octanol–water partition coefficient (Wildman–Crippen LogP) is 6.08. The second kappa shape index (κ2) is 10.1. The van der Waals surface area contributed by atoms with Gasteiger partial charge in [0.2, 0.25) is 0 Å². The SMILES string of the molecule is CCCNc1cc(C)cc(COc2c(Br)cc(CCC(=O)O)cc2Br)c1F. The van der Waals surface area contributed by atoms with Crippen molar-refractivity contribution in [2.45, 2.75) is 39.7 Å². The number of hydrogen-bond acceptors (Lipinski definition) is 3. The Morgan fingerprint density at radius 3 is 2.48 bits per heavy atom. The zero-order valence-electron chi connectivity index (χ0n) is 15.2. The molecule has 0 amide bonds. The number of anilines is 1. The van der Waals surface area contributed by atoms with Gasteiger partial charge in [-0.2, -0.15) is 0 Å². The fourth-order valence-electron chi connectivity index (χ4n) is 2.63. The maximum atomic E-state index is 14.7. The van der Waals surface area contributed by atoms with Gasteiger partial charge in [-0.3, -0.25) is 4.79 Å². The molecule has 0 bridgehead atoms. The first-order valence-corrected chi connectivity index (χ1v) is 10.3. The van der Waals surface area contributed by atoms with Gasteiger partial charge in [0, 0.05) is 18.5 Å². The Balaban J connectivity index is 2.16. The van der Waals surface area contributed by atoms with Crippen molar-refractivity contribution in [1.29, 1.82) is 0 Å². The van der Waals surface area contributed by atoms with Gasteiger partial charge in [0.05, 0.1) is 14.6 Å². The lowest BCUT2D eigenvalue weighted by atomic mass is 10.1. The van der Waals surface area contributed by atoms with E-state index in [1.54, 1.807) is 12.1 Å². The van der Waals surface area contributed by atoms with Crippen molar-refractivity contribution >= 4 is 43.5 Å². The van der Waals surface area contributed by atoms with Gasteiger partial charge >= 0.3 is 5.97 Å². The van der Waals surface area contributed by atoms with E-state index in [1.165, 1.54) is 0 Å². The molecule has 0 fully saturated rings. The lowest BCUT2D eigenvalue weighted by Crippen LogP contribution is -2.07. The highest BCUT2D eigenvalue weighted by Gasteiger charge is 2.14. The summed E-state index contributed by atoms with van der Waals surface area (Å²) in [5.41, 5.74) is 2.78. The lowest BCUT2D eigenvalue weighted by Gasteiger charge is -2.15. The monoisotopic (exact) mass is 501 g/mol. The van der Waals surface area contributed by atoms with Gasteiger partial charge in [-0.05, 0) is 87.0 Å². The minimum absolute atomic E-state index is 0.0567. The molecule has 0 unspecified atom stereocenters. The highest BCUT2D eigenvalue weighted by molar-refractivity contribution is 9.11. The van der Waals surface area contributed by atoms with Gasteiger partial charge < -0.3 is 15.2 Å². The number of benzene rings is 2. The fourth-order valence-corrected chi connectivity index (χ4v) is 4.14. The van der Waals surface area contributed by atoms with Crippen LogP contribution in [0, 0.1) is 12.7 Å². The number of ether oxygens (including phenoxy) is 1. The summed E-state index contributed by atoms with van der Waals surface area (Å²) >= 11 is 6.90. The molecule has 0 aromatic heterocycles. The summed E-state index contributed by atoms with van der Waals surface area (Å²) in [7, 11) is 0. The van der Waals surface area contributed by atoms with Crippen molar-refractivity contribution in [3.05, 3.63) is 55.7 Å². The van der Waals surface area contributed by atoms with Crippen molar-refractivity contribution in [3.63, 3.8) is 0 Å². The van der Waals surface area contributed by atoms with Gasteiger partial charge in [0.15, 0.2) is 5.82 Å². The summed E-state index contributed by atoms with van der Waals surface area (Å²) in [4.78, 5) is 10.7.